The zero-order chi connectivity index (χ0) is 15.6. The molecule has 0 radical (unpaired) electrons. The second-order valence-corrected chi connectivity index (χ2v) is 5.50. The number of hydrogen-bond acceptors (Lipinski definition) is 4. The molecule has 0 unspecified atom stereocenters. The zero-order valence-corrected chi connectivity index (χ0v) is 11.7. The van der Waals surface area contributed by atoms with Gasteiger partial charge in [0.05, 0.1) is 5.56 Å². The third kappa shape index (κ3) is 2.91. The lowest BCUT2D eigenvalue weighted by molar-refractivity contribution is 0.0663. The summed E-state index contributed by atoms with van der Waals surface area (Å²) in [6.07, 6.45) is 1.06. The van der Waals surface area contributed by atoms with Crippen molar-refractivity contribution in [2.24, 2.45) is 16.3 Å². The van der Waals surface area contributed by atoms with Gasteiger partial charge in [0.15, 0.2) is 0 Å². The molecule has 21 heavy (non-hydrogen) atoms. The van der Waals surface area contributed by atoms with Crippen LogP contribution in [0, 0.1) is 11.2 Å². The Kier molecular flexibility index (Phi) is 4.02. The van der Waals surface area contributed by atoms with Gasteiger partial charge in [-0.15, -0.1) is 0 Å². The minimum atomic E-state index is -0.574. The third-order valence-corrected chi connectivity index (χ3v) is 4.07. The molecule has 0 saturated carbocycles. The highest BCUT2D eigenvalue weighted by atomic mass is 19.1. The second kappa shape index (κ2) is 5.59. The van der Waals surface area contributed by atoms with E-state index in [2.05, 4.69) is 5.16 Å². The number of phenolic OH excluding ortho intramolecular Hbond substituents is 1. The lowest BCUT2D eigenvalue weighted by atomic mass is 9.79. The minimum Gasteiger partial charge on any atom is -0.507 e. The molecule has 6 nitrogen and oxygen atoms in total. The van der Waals surface area contributed by atoms with Gasteiger partial charge in [0.25, 0.3) is 5.91 Å². The molecule has 1 aliphatic rings. The van der Waals surface area contributed by atoms with Gasteiger partial charge >= 0.3 is 0 Å². The van der Waals surface area contributed by atoms with Gasteiger partial charge in [0.2, 0.25) is 0 Å². The van der Waals surface area contributed by atoms with Crippen LogP contribution >= 0.6 is 0 Å². The van der Waals surface area contributed by atoms with Crippen LogP contribution in [0.3, 0.4) is 0 Å². The Hall–Kier alpha value is -2.31. The lowest BCUT2D eigenvalue weighted by Gasteiger charge is -2.38. The number of halogens is 1. The maximum absolute atomic E-state index is 13.2. The topological polar surface area (TPSA) is 99.2 Å². The SMILES string of the molecule is CC1(/C(N)=N/O)CCN(C(=O)c2cc(F)ccc2O)CC1. The molecule has 1 aromatic carbocycles. The predicted octanol–water partition coefficient (Wildman–Crippen LogP) is 1.52. The van der Waals surface area contributed by atoms with E-state index in [0.717, 1.165) is 18.2 Å². The molecule has 1 fully saturated rings. The highest BCUT2D eigenvalue weighted by Gasteiger charge is 2.36. The van der Waals surface area contributed by atoms with Crippen LogP contribution < -0.4 is 5.73 Å². The fourth-order valence-electron chi connectivity index (χ4n) is 2.43. The van der Waals surface area contributed by atoms with Gasteiger partial charge in [-0.3, -0.25) is 4.79 Å². The number of carbonyl (C=O) groups excluding carboxylic acids is 1. The van der Waals surface area contributed by atoms with Crippen molar-refractivity contribution in [3.63, 3.8) is 0 Å². The van der Waals surface area contributed by atoms with E-state index < -0.39 is 17.1 Å². The highest BCUT2D eigenvalue weighted by Crippen LogP contribution is 2.32. The fraction of sp³-hybridized carbons (Fsp3) is 0.429. The summed E-state index contributed by atoms with van der Waals surface area (Å²) >= 11 is 0. The average molecular weight is 295 g/mol. The van der Waals surface area contributed by atoms with E-state index in [1.807, 2.05) is 6.92 Å². The van der Waals surface area contributed by atoms with Gasteiger partial charge in [-0.25, -0.2) is 4.39 Å². The molecule has 1 aliphatic heterocycles. The van der Waals surface area contributed by atoms with Crippen molar-refractivity contribution in [3.05, 3.63) is 29.6 Å². The van der Waals surface area contributed by atoms with Gasteiger partial charge < -0.3 is 20.9 Å². The van der Waals surface area contributed by atoms with E-state index in [-0.39, 0.29) is 17.1 Å². The molecule has 1 aromatic rings. The Morgan fingerprint density at radius 1 is 1.43 bits per heavy atom. The Morgan fingerprint density at radius 3 is 2.62 bits per heavy atom. The molecule has 0 aliphatic carbocycles. The first kappa shape index (κ1) is 15.1. The van der Waals surface area contributed by atoms with Crippen molar-refractivity contribution < 1.29 is 19.5 Å². The number of rotatable bonds is 2. The number of nitrogens with two attached hydrogens (primary N) is 1. The lowest BCUT2D eigenvalue weighted by Crippen LogP contribution is -2.47. The minimum absolute atomic E-state index is 0.0533. The van der Waals surface area contributed by atoms with E-state index in [1.165, 1.54) is 4.90 Å². The molecule has 0 atom stereocenters. The number of amidine groups is 1. The van der Waals surface area contributed by atoms with Crippen molar-refractivity contribution in [3.8, 4) is 5.75 Å². The van der Waals surface area contributed by atoms with Crippen molar-refractivity contribution in [2.75, 3.05) is 13.1 Å². The molecule has 4 N–H and O–H groups in total. The molecule has 0 aromatic heterocycles. The second-order valence-electron chi connectivity index (χ2n) is 5.50. The van der Waals surface area contributed by atoms with Crippen molar-refractivity contribution in [1.29, 1.82) is 0 Å². The number of piperidine rings is 1. The number of phenols is 1. The number of oxime groups is 1. The molecule has 7 heteroatoms. The van der Waals surface area contributed by atoms with Crippen LogP contribution in [0.4, 0.5) is 4.39 Å². The zero-order valence-electron chi connectivity index (χ0n) is 11.7. The summed E-state index contributed by atoms with van der Waals surface area (Å²) in [6.45, 7) is 2.65. The van der Waals surface area contributed by atoms with Crippen molar-refractivity contribution in [2.45, 2.75) is 19.8 Å². The quantitative estimate of drug-likeness (QED) is 0.333. The Bertz CT molecular complexity index is 581. The van der Waals surface area contributed by atoms with Crippen LogP contribution in [0.15, 0.2) is 23.4 Å². The number of aromatic hydroxyl groups is 1. The first-order chi connectivity index (χ1) is 9.87. The average Bonchev–Trinajstić information content (AvgIpc) is 2.49. The summed E-state index contributed by atoms with van der Waals surface area (Å²) in [5.74, 6) is -1.10. The van der Waals surface area contributed by atoms with Crippen LogP contribution in [0.5, 0.6) is 5.75 Å². The normalized spacial score (nSPS) is 18.6. The summed E-state index contributed by atoms with van der Waals surface area (Å²) in [5, 5.41) is 21.5. The van der Waals surface area contributed by atoms with E-state index in [4.69, 9.17) is 10.9 Å². The first-order valence-electron chi connectivity index (χ1n) is 6.63. The molecule has 0 bridgehead atoms. The predicted molar refractivity (Wildman–Crippen MR) is 74.7 cm³/mol. The standard InChI is InChI=1S/C14H18FN3O3/c1-14(13(16)17-21)4-6-18(7-5-14)12(20)10-8-9(15)2-3-11(10)19/h2-3,8,19,21H,4-7H2,1H3,(H2,16,17). The van der Waals surface area contributed by atoms with Gasteiger partial charge in [0.1, 0.15) is 17.4 Å². The van der Waals surface area contributed by atoms with E-state index in [1.54, 1.807) is 0 Å². The number of nitrogens with zero attached hydrogens (tertiary/aromatic N) is 2. The maximum Gasteiger partial charge on any atom is 0.257 e. The molecular weight excluding hydrogens is 277 g/mol. The highest BCUT2D eigenvalue weighted by molar-refractivity contribution is 5.97. The van der Waals surface area contributed by atoms with Crippen LogP contribution in [0.25, 0.3) is 0 Å². The van der Waals surface area contributed by atoms with Crippen LogP contribution in [-0.4, -0.2) is 40.0 Å². The van der Waals surface area contributed by atoms with Crippen LogP contribution in [0.2, 0.25) is 0 Å². The van der Waals surface area contributed by atoms with E-state index in [0.29, 0.717) is 25.9 Å². The molecular formula is C14H18FN3O3. The van der Waals surface area contributed by atoms with Gasteiger partial charge in [-0.1, -0.05) is 12.1 Å². The smallest absolute Gasteiger partial charge is 0.257 e. The van der Waals surface area contributed by atoms with E-state index in [9.17, 15) is 14.3 Å². The van der Waals surface area contributed by atoms with Crippen LogP contribution in [0.1, 0.15) is 30.1 Å². The fourth-order valence-corrected chi connectivity index (χ4v) is 2.43. The molecule has 1 heterocycles. The van der Waals surface area contributed by atoms with E-state index >= 15 is 0 Å². The Morgan fingerprint density at radius 2 is 2.05 bits per heavy atom. The Balaban J connectivity index is 2.12. The molecule has 2 rings (SSSR count). The summed E-state index contributed by atoms with van der Waals surface area (Å²) in [7, 11) is 0. The number of hydrogen-bond donors (Lipinski definition) is 3. The van der Waals surface area contributed by atoms with Gasteiger partial charge in [-0.05, 0) is 31.0 Å². The molecule has 1 amide bonds. The summed E-state index contributed by atoms with van der Waals surface area (Å²) in [6, 6.07) is 3.28. The Labute approximate surface area is 121 Å². The van der Waals surface area contributed by atoms with Crippen LogP contribution in [-0.2, 0) is 0 Å². The van der Waals surface area contributed by atoms with Gasteiger partial charge in [0, 0.05) is 18.5 Å². The van der Waals surface area contributed by atoms with Gasteiger partial charge in [-0.2, -0.15) is 0 Å². The third-order valence-electron chi connectivity index (χ3n) is 4.07. The largest absolute Gasteiger partial charge is 0.507 e. The monoisotopic (exact) mass is 295 g/mol. The molecule has 114 valence electrons. The molecule has 0 spiro atoms. The first-order valence-corrected chi connectivity index (χ1v) is 6.63. The van der Waals surface area contributed by atoms with Crippen molar-refractivity contribution in [1.82, 2.24) is 4.90 Å². The number of likely N-dealkylation sites (tertiary alicyclic amines) is 1. The summed E-state index contributed by atoms with van der Waals surface area (Å²) in [5.41, 5.74) is 5.15. The number of carbonyl (C=O) groups is 1. The summed E-state index contributed by atoms with van der Waals surface area (Å²) in [4.78, 5) is 13.8. The maximum atomic E-state index is 13.2. The number of amides is 1. The molecule has 1 saturated heterocycles. The number of benzene rings is 1. The summed E-state index contributed by atoms with van der Waals surface area (Å²) < 4.78 is 13.2. The van der Waals surface area contributed by atoms with Crippen molar-refractivity contribution >= 4 is 11.7 Å².